The Morgan fingerprint density at radius 1 is 1.33 bits per heavy atom. The summed E-state index contributed by atoms with van der Waals surface area (Å²) >= 11 is 0. The van der Waals surface area contributed by atoms with Gasteiger partial charge in [-0.05, 0) is 37.2 Å². The lowest BCUT2D eigenvalue weighted by Crippen LogP contribution is -2.40. The van der Waals surface area contributed by atoms with Gasteiger partial charge in [-0.2, -0.15) is 0 Å². The van der Waals surface area contributed by atoms with Crippen LogP contribution in [-0.2, 0) is 5.60 Å². The van der Waals surface area contributed by atoms with Crippen LogP contribution < -0.4 is 5.32 Å². The second-order valence-corrected chi connectivity index (χ2v) is 6.62. The Morgan fingerprint density at radius 2 is 2.00 bits per heavy atom. The van der Waals surface area contributed by atoms with Crippen LogP contribution in [0.1, 0.15) is 45.6 Å². The molecule has 0 spiro atoms. The maximum atomic E-state index is 10.5. The molecule has 0 aromatic heterocycles. The van der Waals surface area contributed by atoms with Crippen molar-refractivity contribution in [2.75, 3.05) is 6.54 Å². The predicted octanol–water partition coefficient (Wildman–Crippen LogP) is 3.06. The first-order chi connectivity index (χ1) is 8.39. The molecule has 0 radical (unpaired) electrons. The highest BCUT2D eigenvalue weighted by Crippen LogP contribution is 2.37. The molecule has 2 atom stereocenters. The Kier molecular flexibility index (Phi) is 3.79. The zero-order valence-electron chi connectivity index (χ0n) is 11.7. The number of hydrogen-bond acceptors (Lipinski definition) is 2. The second-order valence-electron chi connectivity index (χ2n) is 6.62. The van der Waals surface area contributed by atoms with E-state index in [0.29, 0.717) is 18.0 Å². The van der Waals surface area contributed by atoms with E-state index in [1.54, 1.807) is 0 Å². The molecule has 0 saturated heterocycles. The summed E-state index contributed by atoms with van der Waals surface area (Å²) < 4.78 is 0. The van der Waals surface area contributed by atoms with Crippen molar-refractivity contribution in [1.29, 1.82) is 0 Å². The van der Waals surface area contributed by atoms with Gasteiger partial charge in [-0.15, -0.1) is 0 Å². The topological polar surface area (TPSA) is 32.3 Å². The van der Waals surface area contributed by atoms with Crippen LogP contribution in [0, 0.1) is 5.41 Å². The third kappa shape index (κ3) is 3.33. The molecule has 1 aliphatic rings. The molecule has 1 aromatic carbocycles. The van der Waals surface area contributed by atoms with Gasteiger partial charge in [-0.3, -0.25) is 0 Å². The van der Waals surface area contributed by atoms with E-state index in [4.69, 9.17) is 0 Å². The molecule has 2 nitrogen and oxygen atoms in total. The Hall–Kier alpha value is -0.860. The lowest BCUT2D eigenvalue weighted by molar-refractivity contribution is 0.0536. The lowest BCUT2D eigenvalue weighted by atomic mass is 9.91. The molecule has 100 valence electrons. The lowest BCUT2D eigenvalue weighted by Gasteiger charge is -2.27. The van der Waals surface area contributed by atoms with E-state index in [-0.39, 0.29) is 0 Å². The van der Waals surface area contributed by atoms with E-state index in [0.717, 1.165) is 5.56 Å². The SMILES string of the molecule is CC1(C)CCC(NCC(C)(O)c2ccccc2)C1. The van der Waals surface area contributed by atoms with Gasteiger partial charge in [-0.25, -0.2) is 0 Å². The van der Waals surface area contributed by atoms with Crippen LogP contribution in [0.25, 0.3) is 0 Å². The van der Waals surface area contributed by atoms with E-state index >= 15 is 0 Å². The van der Waals surface area contributed by atoms with Gasteiger partial charge in [-0.1, -0.05) is 44.2 Å². The van der Waals surface area contributed by atoms with Gasteiger partial charge < -0.3 is 10.4 Å². The average molecular weight is 247 g/mol. The minimum absolute atomic E-state index is 0.455. The van der Waals surface area contributed by atoms with E-state index in [1.165, 1.54) is 19.3 Å². The highest BCUT2D eigenvalue weighted by atomic mass is 16.3. The first kappa shape index (κ1) is 13.6. The first-order valence-corrected chi connectivity index (χ1v) is 6.90. The van der Waals surface area contributed by atoms with Crippen molar-refractivity contribution in [2.24, 2.45) is 5.41 Å². The van der Waals surface area contributed by atoms with Crippen molar-refractivity contribution < 1.29 is 5.11 Å². The summed E-state index contributed by atoms with van der Waals surface area (Å²) in [6.45, 7) is 7.15. The smallest absolute Gasteiger partial charge is 0.0992 e. The van der Waals surface area contributed by atoms with E-state index in [9.17, 15) is 5.11 Å². The Morgan fingerprint density at radius 3 is 2.56 bits per heavy atom. The van der Waals surface area contributed by atoms with Gasteiger partial charge in [0.2, 0.25) is 0 Å². The number of rotatable bonds is 4. The van der Waals surface area contributed by atoms with Crippen LogP contribution in [0.4, 0.5) is 0 Å². The zero-order chi connectivity index (χ0) is 13.2. The molecular formula is C16H25NO. The number of nitrogens with one attached hydrogen (secondary N) is 1. The van der Waals surface area contributed by atoms with Gasteiger partial charge in [0, 0.05) is 12.6 Å². The summed E-state index contributed by atoms with van der Waals surface area (Å²) in [7, 11) is 0. The Labute approximate surface area is 110 Å². The summed E-state index contributed by atoms with van der Waals surface area (Å²) in [6.07, 6.45) is 3.70. The third-order valence-corrected chi connectivity index (χ3v) is 4.10. The van der Waals surface area contributed by atoms with E-state index < -0.39 is 5.60 Å². The van der Waals surface area contributed by atoms with Gasteiger partial charge in [0.05, 0.1) is 5.60 Å². The van der Waals surface area contributed by atoms with Gasteiger partial charge >= 0.3 is 0 Å². The number of aliphatic hydroxyl groups is 1. The summed E-state index contributed by atoms with van der Waals surface area (Å²) in [5.74, 6) is 0. The van der Waals surface area contributed by atoms with Crippen LogP contribution in [0.3, 0.4) is 0 Å². The van der Waals surface area contributed by atoms with Crippen LogP contribution in [0.5, 0.6) is 0 Å². The fraction of sp³-hybridized carbons (Fsp3) is 0.625. The zero-order valence-corrected chi connectivity index (χ0v) is 11.7. The summed E-state index contributed by atoms with van der Waals surface area (Å²) in [4.78, 5) is 0. The van der Waals surface area contributed by atoms with Crippen molar-refractivity contribution in [3.8, 4) is 0 Å². The Bertz CT molecular complexity index is 383. The first-order valence-electron chi connectivity index (χ1n) is 6.90. The van der Waals surface area contributed by atoms with Crippen LogP contribution in [0.2, 0.25) is 0 Å². The minimum Gasteiger partial charge on any atom is -0.384 e. The van der Waals surface area contributed by atoms with Crippen LogP contribution in [-0.4, -0.2) is 17.7 Å². The van der Waals surface area contributed by atoms with Gasteiger partial charge in [0.1, 0.15) is 0 Å². The summed E-state index contributed by atoms with van der Waals surface area (Å²) in [6, 6.07) is 10.5. The highest BCUT2D eigenvalue weighted by Gasteiger charge is 2.32. The molecule has 0 aliphatic heterocycles. The van der Waals surface area contributed by atoms with Crippen molar-refractivity contribution in [3.05, 3.63) is 35.9 Å². The molecule has 1 fully saturated rings. The largest absolute Gasteiger partial charge is 0.384 e. The fourth-order valence-electron chi connectivity index (χ4n) is 2.85. The monoisotopic (exact) mass is 247 g/mol. The maximum absolute atomic E-state index is 10.5. The van der Waals surface area contributed by atoms with Crippen molar-refractivity contribution in [3.63, 3.8) is 0 Å². The van der Waals surface area contributed by atoms with E-state index in [1.807, 2.05) is 37.3 Å². The quantitative estimate of drug-likeness (QED) is 0.857. The maximum Gasteiger partial charge on any atom is 0.0992 e. The van der Waals surface area contributed by atoms with Crippen molar-refractivity contribution >= 4 is 0 Å². The number of hydrogen-bond donors (Lipinski definition) is 2. The molecule has 2 rings (SSSR count). The second kappa shape index (κ2) is 5.02. The van der Waals surface area contributed by atoms with Gasteiger partial charge in [0.25, 0.3) is 0 Å². The third-order valence-electron chi connectivity index (χ3n) is 4.10. The molecule has 0 bridgehead atoms. The molecule has 1 aliphatic carbocycles. The molecule has 1 aromatic rings. The standard InChI is InChI=1S/C16H25NO/c1-15(2)10-9-14(11-15)17-12-16(3,18)13-7-5-4-6-8-13/h4-8,14,17-18H,9-12H2,1-3H3. The van der Waals surface area contributed by atoms with Crippen LogP contribution >= 0.6 is 0 Å². The molecule has 1 saturated carbocycles. The molecule has 0 amide bonds. The van der Waals surface area contributed by atoms with E-state index in [2.05, 4.69) is 19.2 Å². The summed E-state index contributed by atoms with van der Waals surface area (Å²) in [5, 5.41) is 14.0. The van der Waals surface area contributed by atoms with Crippen LogP contribution in [0.15, 0.2) is 30.3 Å². The highest BCUT2D eigenvalue weighted by molar-refractivity contribution is 5.21. The molecule has 0 heterocycles. The number of benzene rings is 1. The minimum atomic E-state index is -0.784. The van der Waals surface area contributed by atoms with Crippen molar-refractivity contribution in [1.82, 2.24) is 5.32 Å². The molecular weight excluding hydrogens is 222 g/mol. The normalized spacial score (nSPS) is 25.9. The molecule has 2 unspecified atom stereocenters. The Balaban J connectivity index is 1.90. The molecule has 2 N–H and O–H groups in total. The molecule has 2 heteroatoms. The summed E-state index contributed by atoms with van der Waals surface area (Å²) in [5.41, 5.74) is 0.652. The predicted molar refractivity (Wildman–Crippen MR) is 75.4 cm³/mol. The average Bonchev–Trinajstić information content (AvgIpc) is 2.68. The van der Waals surface area contributed by atoms with Crippen molar-refractivity contribution in [2.45, 2.75) is 51.7 Å². The van der Waals surface area contributed by atoms with Gasteiger partial charge in [0.15, 0.2) is 0 Å². The fourth-order valence-corrected chi connectivity index (χ4v) is 2.85. The molecule has 18 heavy (non-hydrogen) atoms.